The first-order valence-corrected chi connectivity index (χ1v) is 6.05. The molecule has 0 saturated carbocycles. The first-order chi connectivity index (χ1) is 8.29. The number of pyridine rings is 1. The van der Waals surface area contributed by atoms with E-state index in [1.54, 1.807) is 7.11 Å². The summed E-state index contributed by atoms with van der Waals surface area (Å²) in [6, 6.07) is 4.39. The number of hydrogen-bond acceptors (Lipinski definition) is 4. The van der Waals surface area contributed by atoms with Crippen molar-refractivity contribution < 1.29 is 9.47 Å². The average molecular weight is 236 g/mol. The van der Waals surface area contributed by atoms with Crippen molar-refractivity contribution >= 4 is 0 Å². The fraction of sp³-hybridized carbons (Fsp3) is 0.615. The van der Waals surface area contributed by atoms with Gasteiger partial charge in [-0.15, -0.1) is 0 Å². The van der Waals surface area contributed by atoms with E-state index in [4.69, 9.17) is 9.47 Å². The molecule has 4 nitrogen and oxygen atoms in total. The van der Waals surface area contributed by atoms with E-state index in [9.17, 15) is 0 Å². The lowest BCUT2D eigenvalue weighted by atomic mass is 10.1. The standard InChI is InChI=1S/C13H20N2O2/c1-10-3-4-11(14-7-10)8-15-12-9-17-6-5-13(12)16-2/h3-4,7,12-13,15H,5-6,8-9H2,1-2H3/t12-,13-/m1/s1. The Kier molecular flexibility index (Phi) is 4.48. The zero-order chi connectivity index (χ0) is 12.1. The molecule has 2 heterocycles. The molecule has 0 aliphatic carbocycles. The van der Waals surface area contributed by atoms with E-state index in [2.05, 4.69) is 16.4 Å². The molecular formula is C13H20N2O2. The third-order valence-electron chi connectivity index (χ3n) is 3.11. The van der Waals surface area contributed by atoms with Crippen LogP contribution in [0.5, 0.6) is 0 Å². The van der Waals surface area contributed by atoms with E-state index in [-0.39, 0.29) is 12.1 Å². The summed E-state index contributed by atoms with van der Waals surface area (Å²) in [4.78, 5) is 4.37. The molecule has 2 atom stereocenters. The Labute approximate surface area is 102 Å². The number of aromatic nitrogens is 1. The van der Waals surface area contributed by atoms with Crippen molar-refractivity contribution in [2.24, 2.45) is 0 Å². The molecule has 1 aliphatic rings. The van der Waals surface area contributed by atoms with Gasteiger partial charge in [-0.05, 0) is 25.0 Å². The SMILES string of the molecule is CO[C@@H]1CCOC[C@H]1NCc1ccc(C)cn1. The molecule has 17 heavy (non-hydrogen) atoms. The number of rotatable bonds is 4. The summed E-state index contributed by atoms with van der Waals surface area (Å²) in [5.74, 6) is 0. The molecule has 0 bridgehead atoms. The minimum Gasteiger partial charge on any atom is -0.380 e. The van der Waals surface area contributed by atoms with Gasteiger partial charge < -0.3 is 14.8 Å². The Morgan fingerprint density at radius 1 is 1.53 bits per heavy atom. The molecule has 1 aromatic rings. The van der Waals surface area contributed by atoms with Gasteiger partial charge in [0.05, 0.1) is 24.4 Å². The normalized spacial score (nSPS) is 24.8. The minimum absolute atomic E-state index is 0.245. The number of nitrogens with one attached hydrogen (secondary N) is 1. The summed E-state index contributed by atoms with van der Waals surface area (Å²) in [6.45, 7) is 4.30. The van der Waals surface area contributed by atoms with E-state index in [1.807, 2.05) is 19.2 Å². The fourth-order valence-electron chi connectivity index (χ4n) is 2.03. The maximum atomic E-state index is 5.46. The van der Waals surface area contributed by atoms with Crippen LogP contribution in [0.15, 0.2) is 18.3 Å². The highest BCUT2D eigenvalue weighted by Crippen LogP contribution is 2.11. The average Bonchev–Trinajstić information content (AvgIpc) is 2.38. The van der Waals surface area contributed by atoms with Crippen molar-refractivity contribution in [1.82, 2.24) is 10.3 Å². The molecule has 1 saturated heterocycles. The highest BCUT2D eigenvalue weighted by atomic mass is 16.5. The Hall–Kier alpha value is -0.970. The van der Waals surface area contributed by atoms with Crippen LogP contribution in [-0.4, -0.2) is 37.5 Å². The van der Waals surface area contributed by atoms with Gasteiger partial charge in [-0.2, -0.15) is 0 Å². The van der Waals surface area contributed by atoms with Gasteiger partial charge in [0.1, 0.15) is 0 Å². The highest BCUT2D eigenvalue weighted by molar-refractivity contribution is 5.12. The van der Waals surface area contributed by atoms with E-state index in [0.29, 0.717) is 6.61 Å². The molecule has 1 N–H and O–H groups in total. The summed E-state index contributed by atoms with van der Waals surface area (Å²) in [5, 5.41) is 3.45. The molecule has 0 spiro atoms. The molecule has 2 rings (SSSR count). The van der Waals surface area contributed by atoms with Crippen molar-refractivity contribution in [3.05, 3.63) is 29.6 Å². The number of hydrogen-bond donors (Lipinski definition) is 1. The second-order valence-corrected chi connectivity index (χ2v) is 4.45. The predicted molar refractivity (Wildman–Crippen MR) is 65.8 cm³/mol. The summed E-state index contributed by atoms with van der Waals surface area (Å²) >= 11 is 0. The number of aryl methyl sites for hydroxylation is 1. The van der Waals surface area contributed by atoms with Crippen LogP contribution < -0.4 is 5.32 Å². The number of ether oxygens (including phenoxy) is 2. The zero-order valence-electron chi connectivity index (χ0n) is 10.5. The lowest BCUT2D eigenvalue weighted by Gasteiger charge is -2.31. The van der Waals surface area contributed by atoms with Gasteiger partial charge in [0.25, 0.3) is 0 Å². The molecule has 1 aromatic heterocycles. The van der Waals surface area contributed by atoms with Gasteiger partial charge >= 0.3 is 0 Å². The van der Waals surface area contributed by atoms with Gasteiger partial charge in [0.2, 0.25) is 0 Å². The molecule has 1 fully saturated rings. The molecule has 0 aromatic carbocycles. The molecule has 1 aliphatic heterocycles. The Balaban J connectivity index is 1.86. The maximum absolute atomic E-state index is 5.46. The molecule has 94 valence electrons. The van der Waals surface area contributed by atoms with Gasteiger partial charge in [-0.1, -0.05) is 6.07 Å². The molecule has 4 heteroatoms. The summed E-state index contributed by atoms with van der Waals surface area (Å²) in [6.07, 6.45) is 3.09. The van der Waals surface area contributed by atoms with Crippen LogP contribution in [-0.2, 0) is 16.0 Å². The van der Waals surface area contributed by atoms with E-state index in [0.717, 1.165) is 25.3 Å². The predicted octanol–water partition coefficient (Wildman–Crippen LogP) is 1.28. The largest absolute Gasteiger partial charge is 0.380 e. The lowest BCUT2D eigenvalue weighted by Crippen LogP contribution is -2.47. The molecule has 0 amide bonds. The Bertz CT molecular complexity index is 340. The van der Waals surface area contributed by atoms with E-state index >= 15 is 0 Å². The van der Waals surface area contributed by atoms with Crippen molar-refractivity contribution in [2.45, 2.75) is 32.0 Å². The third kappa shape index (κ3) is 3.49. The Morgan fingerprint density at radius 3 is 3.12 bits per heavy atom. The van der Waals surface area contributed by atoms with Gasteiger partial charge in [-0.25, -0.2) is 0 Å². The molecule has 0 radical (unpaired) electrons. The molecular weight excluding hydrogens is 216 g/mol. The monoisotopic (exact) mass is 236 g/mol. The van der Waals surface area contributed by atoms with Gasteiger partial charge in [0.15, 0.2) is 0 Å². The first-order valence-electron chi connectivity index (χ1n) is 6.05. The number of nitrogens with zero attached hydrogens (tertiary/aromatic N) is 1. The van der Waals surface area contributed by atoms with Gasteiger partial charge in [-0.3, -0.25) is 4.98 Å². The number of methoxy groups -OCH3 is 1. The van der Waals surface area contributed by atoms with Crippen LogP contribution in [0, 0.1) is 6.92 Å². The summed E-state index contributed by atoms with van der Waals surface area (Å²) in [5.41, 5.74) is 2.24. The Morgan fingerprint density at radius 2 is 2.41 bits per heavy atom. The van der Waals surface area contributed by atoms with Crippen molar-refractivity contribution in [1.29, 1.82) is 0 Å². The van der Waals surface area contributed by atoms with Crippen LogP contribution >= 0.6 is 0 Å². The van der Waals surface area contributed by atoms with Crippen LogP contribution in [0.1, 0.15) is 17.7 Å². The van der Waals surface area contributed by atoms with Crippen LogP contribution in [0.2, 0.25) is 0 Å². The van der Waals surface area contributed by atoms with Crippen molar-refractivity contribution in [3.8, 4) is 0 Å². The van der Waals surface area contributed by atoms with E-state index < -0.39 is 0 Å². The van der Waals surface area contributed by atoms with Crippen LogP contribution in [0.3, 0.4) is 0 Å². The van der Waals surface area contributed by atoms with Crippen molar-refractivity contribution in [2.75, 3.05) is 20.3 Å². The van der Waals surface area contributed by atoms with Crippen LogP contribution in [0.4, 0.5) is 0 Å². The summed E-state index contributed by atoms with van der Waals surface area (Å²) < 4.78 is 10.9. The minimum atomic E-state index is 0.245. The van der Waals surface area contributed by atoms with Gasteiger partial charge in [0, 0.05) is 26.5 Å². The fourth-order valence-corrected chi connectivity index (χ4v) is 2.03. The third-order valence-corrected chi connectivity index (χ3v) is 3.11. The first kappa shape index (κ1) is 12.5. The highest BCUT2D eigenvalue weighted by Gasteiger charge is 2.24. The van der Waals surface area contributed by atoms with Crippen molar-refractivity contribution in [3.63, 3.8) is 0 Å². The maximum Gasteiger partial charge on any atom is 0.0768 e. The topological polar surface area (TPSA) is 43.4 Å². The quantitative estimate of drug-likeness (QED) is 0.855. The van der Waals surface area contributed by atoms with Crippen LogP contribution in [0.25, 0.3) is 0 Å². The second kappa shape index (κ2) is 6.10. The smallest absolute Gasteiger partial charge is 0.0768 e. The summed E-state index contributed by atoms with van der Waals surface area (Å²) in [7, 11) is 1.76. The van der Waals surface area contributed by atoms with E-state index in [1.165, 1.54) is 5.56 Å². The second-order valence-electron chi connectivity index (χ2n) is 4.45. The molecule has 0 unspecified atom stereocenters. The zero-order valence-corrected chi connectivity index (χ0v) is 10.5. The lowest BCUT2D eigenvalue weighted by molar-refractivity contribution is -0.0374.